The number of halogens is 1. The van der Waals surface area contributed by atoms with Gasteiger partial charge in [0, 0.05) is 37.0 Å². The molecule has 0 radical (unpaired) electrons. The Hall–Kier alpha value is -2.64. The quantitative estimate of drug-likeness (QED) is 0.647. The van der Waals surface area contributed by atoms with Crippen LogP contribution >= 0.6 is 0 Å². The number of nitrogens with one attached hydrogen (secondary N) is 1. The van der Waals surface area contributed by atoms with Crippen molar-refractivity contribution in [2.75, 3.05) is 26.3 Å². The van der Waals surface area contributed by atoms with Crippen LogP contribution in [0.2, 0.25) is 0 Å². The van der Waals surface area contributed by atoms with Crippen molar-refractivity contribution in [1.29, 1.82) is 0 Å². The summed E-state index contributed by atoms with van der Waals surface area (Å²) in [6, 6.07) is 7.67. The van der Waals surface area contributed by atoms with Gasteiger partial charge in [-0.05, 0) is 60.9 Å². The van der Waals surface area contributed by atoms with Crippen molar-refractivity contribution in [3.05, 3.63) is 53.2 Å². The first kappa shape index (κ1) is 19.1. The molecular weight excluding hydrogens is 393 g/mol. The monoisotopic (exact) mass is 419 g/mol. The molecule has 1 unspecified atom stereocenters. The Kier molecular flexibility index (Phi) is 4.80. The number of benzene rings is 1. The predicted molar refractivity (Wildman–Crippen MR) is 118 cm³/mol. The van der Waals surface area contributed by atoms with E-state index in [9.17, 15) is 4.39 Å². The SMILES string of the molecule is Fc1ccc2c(c1)CC[C@H](N1CCOCC1)C2C=Nc1ncnc2[nH]c(C3CC3)cc12. The second-order valence-electron chi connectivity index (χ2n) is 8.86. The van der Waals surface area contributed by atoms with Crippen LogP contribution < -0.4 is 0 Å². The Morgan fingerprint density at radius 3 is 2.84 bits per heavy atom. The maximum atomic E-state index is 13.9. The molecule has 2 fully saturated rings. The molecule has 3 heterocycles. The van der Waals surface area contributed by atoms with Crippen LogP contribution in [0.25, 0.3) is 11.0 Å². The number of nitrogens with zero attached hydrogens (tertiary/aromatic N) is 4. The summed E-state index contributed by atoms with van der Waals surface area (Å²) in [5.74, 6) is 1.24. The number of aliphatic imine (C=N–C) groups is 1. The van der Waals surface area contributed by atoms with Crippen molar-refractivity contribution in [3.63, 3.8) is 0 Å². The van der Waals surface area contributed by atoms with Gasteiger partial charge in [-0.1, -0.05) is 6.07 Å². The summed E-state index contributed by atoms with van der Waals surface area (Å²) in [4.78, 5) is 19.7. The van der Waals surface area contributed by atoms with E-state index < -0.39 is 0 Å². The largest absolute Gasteiger partial charge is 0.379 e. The molecule has 1 saturated carbocycles. The van der Waals surface area contributed by atoms with Crippen LogP contribution in [-0.2, 0) is 11.2 Å². The fraction of sp³-hybridized carbons (Fsp3) is 0.458. The minimum absolute atomic E-state index is 0.0920. The van der Waals surface area contributed by atoms with Crippen molar-refractivity contribution in [2.24, 2.45) is 4.99 Å². The zero-order chi connectivity index (χ0) is 20.8. The summed E-state index contributed by atoms with van der Waals surface area (Å²) in [5, 5.41) is 0.971. The molecule has 0 spiro atoms. The first-order valence-corrected chi connectivity index (χ1v) is 11.2. The molecule has 2 aliphatic carbocycles. The van der Waals surface area contributed by atoms with Gasteiger partial charge >= 0.3 is 0 Å². The van der Waals surface area contributed by atoms with E-state index in [2.05, 4.69) is 25.9 Å². The van der Waals surface area contributed by atoms with Crippen LogP contribution in [0.1, 0.15) is 47.9 Å². The van der Waals surface area contributed by atoms with Gasteiger partial charge < -0.3 is 9.72 Å². The highest BCUT2D eigenvalue weighted by Gasteiger charge is 2.34. The minimum atomic E-state index is -0.170. The number of morpholine rings is 1. The molecular formula is C24H26FN5O. The van der Waals surface area contributed by atoms with Crippen molar-refractivity contribution >= 4 is 23.1 Å². The van der Waals surface area contributed by atoms with Crippen LogP contribution in [0.5, 0.6) is 0 Å². The predicted octanol–water partition coefficient (Wildman–Crippen LogP) is 4.11. The zero-order valence-corrected chi connectivity index (χ0v) is 17.4. The van der Waals surface area contributed by atoms with Gasteiger partial charge in [-0.2, -0.15) is 0 Å². The number of H-pyrrole nitrogens is 1. The average Bonchev–Trinajstić information content (AvgIpc) is 3.56. The maximum Gasteiger partial charge on any atom is 0.164 e. The smallest absolute Gasteiger partial charge is 0.164 e. The number of fused-ring (bicyclic) bond motifs is 2. The molecule has 6 rings (SSSR count). The number of rotatable bonds is 4. The molecule has 31 heavy (non-hydrogen) atoms. The first-order chi connectivity index (χ1) is 15.3. The summed E-state index contributed by atoms with van der Waals surface area (Å²) in [5.41, 5.74) is 4.34. The van der Waals surface area contributed by atoms with Gasteiger partial charge in [0.1, 0.15) is 17.8 Å². The van der Waals surface area contributed by atoms with Crippen molar-refractivity contribution in [1.82, 2.24) is 19.9 Å². The fourth-order valence-corrected chi connectivity index (χ4v) is 5.12. The van der Waals surface area contributed by atoms with Crippen molar-refractivity contribution < 1.29 is 9.13 Å². The second kappa shape index (κ2) is 7.80. The van der Waals surface area contributed by atoms with Crippen LogP contribution in [0, 0.1) is 5.82 Å². The third-order valence-corrected chi connectivity index (χ3v) is 6.90. The Morgan fingerprint density at radius 1 is 1.13 bits per heavy atom. The third kappa shape index (κ3) is 3.66. The van der Waals surface area contributed by atoms with E-state index in [4.69, 9.17) is 9.73 Å². The van der Waals surface area contributed by atoms with Gasteiger partial charge in [0.25, 0.3) is 0 Å². The van der Waals surface area contributed by atoms with Crippen LogP contribution in [0.3, 0.4) is 0 Å². The van der Waals surface area contributed by atoms with Gasteiger partial charge in [0.2, 0.25) is 0 Å². The summed E-state index contributed by atoms with van der Waals surface area (Å²) < 4.78 is 19.5. The van der Waals surface area contributed by atoms with Gasteiger partial charge in [-0.15, -0.1) is 0 Å². The van der Waals surface area contributed by atoms with Gasteiger partial charge in [0.15, 0.2) is 5.82 Å². The number of aromatic amines is 1. The van der Waals surface area contributed by atoms with E-state index in [0.29, 0.717) is 17.8 Å². The average molecular weight is 420 g/mol. The van der Waals surface area contributed by atoms with E-state index in [1.54, 1.807) is 18.5 Å². The fourth-order valence-electron chi connectivity index (χ4n) is 5.12. The Morgan fingerprint density at radius 2 is 2.00 bits per heavy atom. The maximum absolute atomic E-state index is 13.9. The van der Waals surface area contributed by atoms with Gasteiger partial charge in [-0.25, -0.2) is 19.4 Å². The first-order valence-electron chi connectivity index (χ1n) is 11.2. The molecule has 1 aromatic carbocycles. The molecule has 3 aliphatic rings. The van der Waals surface area contributed by atoms with Crippen LogP contribution in [0.15, 0.2) is 35.6 Å². The van der Waals surface area contributed by atoms with E-state index in [1.807, 2.05) is 12.3 Å². The third-order valence-electron chi connectivity index (χ3n) is 6.90. The Labute approximate surface area is 180 Å². The van der Waals surface area contributed by atoms with E-state index in [-0.39, 0.29) is 11.7 Å². The Balaban J connectivity index is 1.37. The molecule has 6 nitrogen and oxygen atoms in total. The number of hydrogen-bond donors (Lipinski definition) is 1. The lowest BCUT2D eigenvalue weighted by molar-refractivity contribution is 0.0119. The summed E-state index contributed by atoms with van der Waals surface area (Å²) in [6.07, 6.45) is 7.94. The number of aromatic nitrogens is 3. The number of aryl methyl sites for hydroxylation is 1. The van der Waals surface area contributed by atoms with Gasteiger partial charge in [0.05, 0.1) is 18.6 Å². The zero-order valence-electron chi connectivity index (χ0n) is 17.4. The molecule has 1 aliphatic heterocycles. The summed E-state index contributed by atoms with van der Waals surface area (Å²) in [6.45, 7) is 3.37. The lowest BCUT2D eigenvalue weighted by Crippen LogP contribution is -2.48. The molecule has 0 amide bonds. The highest BCUT2D eigenvalue weighted by molar-refractivity contribution is 5.88. The topological polar surface area (TPSA) is 66.4 Å². The molecule has 1 N–H and O–H groups in total. The van der Waals surface area contributed by atoms with E-state index in [0.717, 1.165) is 55.7 Å². The molecule has 1 saturated heterocycles. The molecule has 2 atom stereocenters. The van der Waals surface area contributed by atoms with Crippen molar-refractivity contribution in [2.45, 2.75) is 43.6 Å². The summed E-state index contributed by atoms with van der Waals surface area (Å²) >= 11 is 0. The number of ether oxygens (including phenoxy) is 1. The number of hydrogen-bond acceptors (Lipinski definition) is 5. The highest BCUT2D eigenvalue weighted by atomic mass is 19.1. The molecule has 0 bridgehead atoms. The molecule has 160 valence electrons. The second-order valence-corrected chi connectivity index (χ2v) is 8.86. The molecule has 3 aromatic rings. The van der Waals surface area contributed by atoms with Crippen molar-refractivity contribution in [3.8, 4) is 0 Å². The lowest BCUT2D eigenvalue weighted by atomic mass is 9.79. The van der Waals surface area contributed by atoms with Gasteiger partial charge in [-0.3, -0.25) is 4.90 Å². The van der Waals surface area contributed by atoms with E-state index >= 15 is 0 Å². The van der Waals surface area contributed by atoms with Crippen LogP contribution in [-0.4, -0.2) is 58.4 Å². The standard InChI is InChI=1S/C24H26FN5O/c25-17-4-5-18-16(11-17)3-6-22(30-7-9-31-10-8-30)20(18)13-26-23-19-12-21(15-1-2-15)29-24(19)28-14-27-23/h4-5,11-15,20,22H,1-3,6-10H2,(H,27,28,29)/t20?,22-/m0/s1. The molecule has 2 aromatic heterocycles. The minimum Gasteiger partial charge on any atom is -0.379 e. The summed E-state index contributed by atoms with van der Waals surface area (Å²) in [7, 11) is 0. The normalized spacial score (nSPS) is 24.7. The molecule has 7 heteroatoms. The lowest BCUT2D eigenvalue weighted by Gasteiger charge is -2.41. The highest BCUT2D eigenvalue weighted by Crippen LogP contribution is 2.41. The van der Waals surface area contributed by atoms with Crippen LogP contribution in [0.4, 0.5) is 10.2 Å². The Bertz CT molecular complexity index is 1130. The van der Waals surface area contributed by atoms with E-state index in [1.165, 1.54) is 24.1 Å².